The third-order valence-electron chi connectivity index (χ3n) is 3.06. The van der Waals surface area contributed by atoms with Crippen molar-refractivity contribution in [3.05, 3.63) is 52.5 Å². The minimum atomic E-state index is -4.52. The van der Waals surface area contributed by atoms with Gasteiger partial charge in [-0.05, 0) is 36.4 Å². The lowest BCUT2D eigenvalue weighted by atomic mass is 10.1. The molecule has 1 heterocycles. The van der Waals surface area contributed by atoms with Crippen LogP contribution < -0.4 is 5.32 Å². The van der Waals surface area contributed by atoms with Crippen LogP contribution in [0.15, 0.2) is 36.4 Å². The smallest absolute Gasteiger partial charge is 0.321 e. The zero-order valence-electron chi connectivity index (χ0n) is 11.2. The summed E-state index contributed by atoms with van der Waals surface area (Å²) in [5.74, 6) is -0.582. The molecule has 0 saturated carbocycles. The second kappa shape index (κ2) is 5.78. The lowest BCUT2D eigenvalue weighted by Gasteiger charge is -2.11. The molecule has 0 radical (unpaired) electrons. The predicted octanol–water partition coefficient (Wildman–Crippen LogP) is 4.62. The molecule has 1 amide bonds. The number of halogens is 4. The highest BCUT2D eigenvalue weighted by atomic mass is 35.5. The van der Waals surface area contributed by atoms with Crippen LogP contribution in [0.4, 0.5) is 18.9 Å². The number of fused-ring (bicyclic) bond motifs is 1. The van der Waals surface area contributed by atoms with E-state index in [-0.39, 0.29) is 16.3 Å². The van der Waals surface area contributed by atoms with Crippen LogP contribution in [-0.4, -0.2) is 14.7 Å². The SMILES string of the molecule is O=C(Nc1cc(C(F)(F)F)ccc1Cl)c1ccc2nsnc2c1. The number of hydrogen-bond acceptors (Lipinski definition) is 4. The Balaban J connectivity index is 1.90. The quantitative estimate of drug-likeness (QED) is 0.728. The van der Waals surface area contributed by atoms with Crippen molar-refractivity contribution in [3.8, 4) is 0 Å². The lowest BCUT2D eigenvalue weighted by Crippen LogP contribution is -2.13. The minimum absolute atomic E-state index is 0.0164. The molecule has 0 aliphatic rings. The normalized spacial score (nSPS) is 11.7. The van der Waals surface area contributed by atoms with Gasteiger partial charge in [0.2, 0.25) is 0 Å². The van der Waals surface area contributed by atoms with Crippen LogP contribution in [0.2, 0.25) is 5.02 Å². The molecule has 0 fully saturated rings. The third kappa shape index (κ3) is 3.27. The molecular weight excluding hydrogens is 351 g/mol. The number of nitrogens with zero attached hydrogens (tertiary/aromatic N) is 2. The molecule has 23 heavy (non-hydrogen) atoms. The van der Waals surface area contributed by atoms with E-state index < -0.39 is 17.6 Å². The fraction of sp³-hybridized carbons (Fsp3) is 0.0714. The zero-order chi connectivity index (χ0) is 16.6. The zero-order valence-corrected chi connectivity index (χ0v) is 12.8. The van der Waals surface area contributed by atoms with Crippen molar-refractivity contribution in [2.45, 2.75) is 6.18 Å². The van der Waals surface area contributed by atoms with Gasteiger partial charge in [-0.15, -0.1) is 0 Å². The maximum absolute atomic E-state index is 12.7. The summed E-state index contributed by atoms with van der Waals surface area (Å²) in [5.41, 5.74) is 0.430. The van der Waals surface area contributed by atoms with Crippen molar-refractivity contribution in [1.82, 2.24) is 8.75 Å². The average Bonchev–Trinajstić information content (AvgIpc) is 2.95. The summed E-state index contributed by atoms with van der Waals surface area (Å²) in [7, 11) is 0. The Labute approximate surface area is 137 Å². The Bertz CT molecular complexity index is 894. The van der Waals surface area contributed by atoms with Crippen LogP contribution in [0.1, 0.15) is 15.9 Å². The van der Waals surface area contributed by atoms with Crippen molar-refractivity contribution < 1.29 is 18.0 Å². The number of nitrogens with one attached hydrogen (secondary N) is 1. The molecule has 0 aliphatic heterocycles. The van der Waals surface area contributed by atoms with E-state index in [1.54, 1.807) is 6.07 Å². The molecule has 0 unspecified atom stereocenters. The number of hydrogen-bond donors (Lipinski definition) is 1. The van der Waals surface area contributed by atoms with E-state index in [1.807, 2.05) is 0 Å². The molecule has 9 heteroatoms. The third-order valence-corrected chi connectivity index (χ3v) is 3.94. The molecule has 3 aromatic rings. The van der Waals surface area contributed by atoms with Crippen molar-refractivity contribution in [2.75, 3.05) is 5.32 Å². The molecule has 0 saturated heterocycles. The van der Waals surface area contributed by atoms with Gasteiger partial charge in [0, 0.05) is 5.56 Å². The first-order valence-electron chi connectivity index (χ1n) is 6.25. The molecule has 2 aromatic carbocycles. The monoisotopic (exact) mass is 357 g/mol. The van der Waals surface area contributed by atoms with Crippen LogP contribution >= 0.6 is 23.3 Å². The van der Waals surface area contributed by atoms with Gasteiger partial charge in [-0.25, -0.2) is 0 Å². The van der Waals surface area contributed by atoms with Crippen LogP contribution in [0.3, 0.4) is 0 Å². The first-order chi connectivity index (χ1) is 10.8. The van der Waals surface area contributed by atoms with Gasteiger partial charge >= 0.3 is 6.18 Å². The summed E-state index contributed by atoms with van der Waals surface area (Å²) >= 11 is 6.86. The number of carbonyl (C=O) groups excluding carboxylic acids is 1. The molecule has 4 nitrogen and oxygen atoms in total. The molecule has 0 spiro atoms. The lowest BCUT2D eigenvalue weighted by molar-refractivity contribution is -0.137. The Morgan fingerprint density at radius 2 is 1.83 bits per heavy atom. The topological polar surface area (TPSA) is 54.9 Å². The van der Waals surface area contributed by atoms with Crippen molar-refractivity contribution in [3.63, 3.8) is 0 Å². The predicted molar refractivity (Wildman–Crippen MR) is 81.8 cm³/mol. The van der Waals surface area contributed by atoms with Gasteiger partial charge in [0.25, 0.3) is 5.91 Å². The first kappa shape index (κ1) is 15.7. The Morgan fingerprint density at radius 3 is 2.57 bits per heavy atom. The molecule has 0 atom stereocenters. The average molecular weight is 358 g/mol. The van der Waals surface area contributed by atoms with E-state index in [4.69, 9.17) is 11.6 Å². The van der Waals surface area contributed by atoms with Crippen LogP contribution in [0, 0.1) is 0 Å². The number of benzene rings is 2. The second-order valence-corrected chi connectivity index (χ2v) is 5.55. The molecule has 118 valence electrons. The standard InChI is InChI=1S/C14H7ClF3N3OS/c15-9-3-2-8(14(16,17)18)6-11(9)19-13(22)7-1-4-10-12(5-7)21-23-20-10/h1-6H,(H,19,22). The first-order valence-corrected chi connectivity index (χ1v) is 7.36. The molecule has 1 N–H and O–H groups in total. The highest BCUT2D eigenvalue weighted by Gasteiger charge is 2.31. The highest BCUT2D eigenvalue weighted by Crippen LogP contribution is 2.34. The fourth-order valence-electron chi connectivity index (χ4n) is 1.92. The van der Waals surface area contributed by atoms with Gasteiger partial charge in [0.1, 0.15) is 11.0 Å². The summed E-state index contributed by atoms with van der Waals surface area (Å²) < 4.78 is 46.2. The maximum atomic E-state index is 12.7. The summed E-state index contributed by atoms with van der Waals surface area (Å²) in [4.78, 5) is 12.2. The number of anilines is 1. The van der Waals surface area contributed by atoms with Gasteiger partial charge in [-0.3, -0.25) is 4.79 Å². The summed E-state index contributed by atoms with van der Waals surface area (Å²) in [6.07, 6.45) is -4.52. The molecular formula is C14H7ClF3N3OS. The molecule has 3 rings (SSSR count). The number of rotatable bonds is 2. The van der Waals surface area contributed by atoms with Crippen molar-refractivity contribution in [1.29, 1.82) is 0 Å². The largest absolute Gasteiger partial charge is 0.416 e. The van der Waals surface area contributed by atoms with E-state index in [2.05, 4.69) is 14.1 Å². The number of amides is 1. The molecule has 0 aliphatic carbocycles. The highest BCUT2D eigenvalue weighted by molar-refractivity contribution is 7.00. The van der Waals surface area contributed by atoms with E-state index in [9.17, 15) is 18.0 Å². The van der Waals surface area contributed by atoms with Gasteiger partial charge in [0.05, 0.1) is 28.0 Å². The Hall–Kier alpha value is -2.19. The van der Waals surface area contributed by atoms with Crippen LogP contribution in [0.25, 0.3) is 11.0 Å². The van der Waals surface area contributed by atoms with Gasteiger partial charge in [0.15, 0.2) is 0 Å². The van der Waals surface area contributed by atoms with Gasteiger partial charge in [-0.2, -0.15) is 21.9 Å². The van der Waals surface area contributed by atoms with Crippen LogP contribution in [-0.2, 0) is 6.18 Å². The fourth-order valence-corrected chi connectivity index (χ4v) is 2.60. The van der Waals surface area contributed by atoms with E-state index in [0.29, 0.717) is 11.0 Å². The number of aromatic nitrogens is 2. The maximum Gasteiger partial charge on any atom is 0.416 e. The second-order valence-electron chi connectivity index (χ2n) is 4.61. The molecule has 1 aromatic heterocycles. The van der Waals surface area contributed by atoms with Crippen LogP contribution in [0.5, 0.6) is 0 Å². The van der Waals surface area contributed by atoms with E-state index in [0.717, 1.165) is 29.9 Å². The molecule has 0 bridgehead atoms. The van der Waals surface area contributed by atoms with Crippen molar-refractivity contribution >= 4 is 46.0 Å². The summed E-state index contributed by atoms with van der Waals surface area (Å²) in [6, 6.07) is 7.37. The van der Waals surface area contributed by atoms with Gasteiger partial charge < -0.3 is 5.32 Å². The summed E-state index contributed by atoms with van der Waals surface area (Å²) in [5, 5.41) is 2.40. The minimum Gasteiger partial charge on any atom is -0.321 e. The number of alkyl halides is 3. The van der Waals surface area contributed by atoms with E-state index in [1.165, 1.54) is 12.1 Å². The van der Waals surface area contributed by atoms with Crippen molar-refractivity contribution in [2.24, 2.45) is 0 Å². The van der Waals surface area contributed by atoms with E-state index >= 15 is 0 Å². The Kier molecular flexibility index (Phi) is 3.95. The Morgan fingerprint density at radius 1 is 1.09 bits per heavy atom. The van der Waals surface area contributed by atoms with Gasteiger partial charge in [-0.1, -0.05) is 11.6 Å². The summed E-state index contributed by atoms with van der Waals surface area (Å²) in [6.45, 7) is 0. The number of carbonyl (C=O) groups is 1.